The van der Waals surface area contributed by atoms with Crippen LogP contribution in [-0.4, -0.2) is 50.9 Å². The molecule has 0 saturated carbocycles. The molecule has 0 amide bonds. The van der Waals surface area contributed by atoms with Gasteiger partial charge in [-0.1, -0.05) is 6.58 Å². The van der Waals surface area contributed by atoms with E-state index in [4.69, 9.17) is 14.6 Å². The van der Waals surface area contributed by atoms with Crippen molar-refractivity contribution in [2.45, 2.75) is 0 Å². The van der Waals surface area contributed by atoms with Crippen molar-refractivity contribution in [1.82, 2.24) is 0 Å². The zero-order valence-electron chi connectivity index (χ0n) is 12.3. The van der Waals surface area contributed by atoms with Crippen LogP contribution < -0.4 is 4.74 Å². The van der Waals surface area contributed by atoms with Gasteiger partial charge in [-0.2, -0.15) is 4.39 Å². The second-order valence-electron chi connectivity index (χ2n) is 3.69. The average molecular weight is 314 g/mol. The van der Waals surface area contributed by atoms with Crippen molar-refractivity contribution in [2.75, 3.05) is 33.5 Å². The van der Waals surface area contributed by atoms with Crippen LogP contribution in [0.3, 0.4) is 0 Å². The number of aldehydes is 1. The molecule has 1 aromatic rings. The minimum absolute atomic E-state index is 0.0458. The molecule has 7 heteroatoms. The fourth-order valence-electron chi connectivity index (χ4n) is 1.23. The quantitative estimate of drug-likeness (QED) is 0.322. The first kappa shape index (κ1) is 19.8. The van der Waals surface area contributed by atoms with Crippen LogP contribution >= 0.6 is 0 Å². The molecule has 0 atom stereocenters. The van der Waals surface area contributed by atoms with Gasteiger partial charge < -0.3 is 19.3 Å². The Balaban J connectivity index is 0.00000211. The third kappa shape index (κ3) is 8.83. The molecular weight excluding hydrogens is 295 g/mol. The first-order valence-electron chi connectivity index (χ1n) is 6.35. The summed E-state index contributed by atoms with van der Waals surface area (Å²) in [6.07, 6.45) is 0.750. The molecule has 0 fully saturated rings. The van der Waals surface area contributed by atoms with Crippen molar-refractivity contribution < 1.29 is 33.3 Å². The second-order valence-corrected chi connectivity index (χ2v) is 3.69. The Labute approximate surface area is 128 Å². The Hall–Kier alpha value is -2.25. The molecule has 1 aromatic carbocycles. The third-order valence-electron chi connectivity index (χ3n) is 2.19. The largest absolute Gasteiger partial charge is 0.491 e. The van der Waals surface area contributed by atoms with E-state index < -0.39 is 11.8 Å². The van der Waals surface area contributed by atoms with Crippen molar-refractivity contribution in [3.05, 3.63) is 42.2 Å². The topological polar surface area (TPSA) is 82.1 Å². The van der Waals surface area contributed by atoms with E-state index in [0.29, 0.717) is 24.5 Å². The van der Waals surface area contributed by atoms with Crippen molar-refractivity contribution in [3.63, 3.8) is 0 Å². The van der Waals surface area contributed by atoms with Crippen molar-refractivity contribution in [1.29, 1.82) is 0 Å². The molecule has 0 aromatic heterocycles. The lowest BCUT2D eigenvalue weighted by atomic mass is 10.2. The Morgan fingerprint density at radius 2 is 1.77 bits per heavy atom. The number of rotatable bonds is 9. The van der Waals surface area contributed by atoms with Gasteiger partial charge in [0.1, 0.15) is 25.2 Å². The average Bonchev–Trinajstić information content (AvgIpc) is 2.56. The second kappa shape index (κ2) is 12.5. The summed E-state index contributed by atoms with van der Waals surface area (Å²) < 4.78 is 27.2. The molecule has 0 bridgehead atoms. The van der Waals surface area contributed by atoms with Crippen LogP contribution in [0.25, 0.3) is 0 Å². The molecule has 1 rings (SSSR count). The molecule has 22 heavy (non-hydrogen) atoms. The van der Waals surface area contributed by atoms with Gasteiger partial charge in [-0.05, 0) is 24.3 Å². The molecule has 1 N–H and O–H groups in total. The predicted octanol–water partition coefficient (Wildman–Crippen LogP) is 1.53. The first-order chi connectivity index (χ1) is 10.6. The molecule has 0 radical (unpaired) electrons. The summed E-state index contributed by atoms with van der Waals surface area (Å²) in [6.45, 7) is 3.51. The van der Waals surface area contributed by atoms with E-state index in [9.17, 15) is 14.0 Å². The number of hydrogen-bond acceptors (Lipinski definition) is 6. The zero-order valence-corrected chi connectivity index (χ0v) is 12.3. The van der Waals surface area contributed by atoms with Crippen molar-refractivity contribution >= 4 is 12.3 Å². The Kier molecular flexibility index (Phi) is 11.2. The number of carbonyl (C=O) groups excluding carboxylic acids is 2. The lowest BCUT2D eigenvalue weighted by Gasteiger charge is -2.07. The molecule has 6 nitrogen and oxygen atoms in total. The Bertz CT molecular complexity index is 458. The summed E-state index contributed by atoms with van der Waals surface area (Å²) in [7, 11) is 1.00. The minimum Gasteiger partial charge on any atom is -0.491 e. The van der Waals surface area contributed by atoms with Crippen LogP contribution in [0.2, 0.25) is 0 Å². The molecule has 0 aliphatic heterocycles. The number of halogens is 1. The van der Waals surface area contributed by atoms with Gasteiger partial charge in [0, 0.05) is 12.7 Å². The van der Waals surface area contributed by atoms with Gasteiger partial charge in [0.25, 0.3) is 0 Å². The van der Waals surface area contributed by atoms with Crippen molar-refractivity contribution in [2.24, 2.45) is 0 Å². The molecular formula is C15H19FO6. The standard InChI is InChI=1S/C14H15FO5.CH4O/c1-11(15)14(17)20-9-7-18-6-8-19-13-4-2-12(10-16)3-5-13;1-2/h2-5,10H,1,6-9H2;2H,1H3. The Morgan fingerprint density at radius 1 is 1.18 bits per heavy atom. The van der Waals surface area contributed by atoms with E-state index in [1.807, 2.05) is 0 Å². The van der Waals surface area contributed by atoms with Crippen LogP contribution in [-0.2, 0) is 14.3 Å². The number of esters is 1. The predicted molar refractivity (Wildman–Crippen MR) is 77.5 cm³/mol. The zero-order chi connectivity index (χ0) is 16.8. The van der Waals surface area contributed by atoms with E-state index in [1.54, 1.807) is 24.3 Å². The highest BCUT2D eigenvalue weighted by Gasteiger charge is 2.05. The smallest absolute Gasteiger partial charge is 0.366 e. The van der Waals surface area contributed by atoms with Crippen LogP contribution in [0.5, 0.6) is 5.75 Å². The number of aliphatic hydroxyl groups is 1. The highest BCUT2D eigenvalue weighted by atomic mass is 19.1. The number of hydrogen-bond donors (Lipinski definition) is 1. The summed E-state index contributed by atoms with van der Waals surface area (Å²) in [5, 5.41) is 7.00. The maximum atomic E-state index is 12.2. The summed E-state index contributed by atoms with van der Waals surface area (Å²) >= 11 is 0. The minimum atomic E-state index is -1.13. The molecule has 0 aliphatic rings. The highest BCUT2D eigenvalue weighted by molar-refractivity contribution is 5.85. The van der Waals surface area contributed by atoms with Gasteiger partial charge in [-0.15, -0.1) is 0 Å². The van der Waals surface area contributed by atoms with Crippen LogP contribution in [0.4, 0.5) is 4.39 Å². The van der Waals surface area contributed by atoms with Crippen LogP contribution in [0.15, 0.2) is 36.7 Å². The maximum absolute atomic E-state index is 12.2. The third-order valence-corrected chi connectivity index (χ3v) is 2.19. The molecule has 0 heterocycles. The fraction of sp³-hybridized carbons (Fsp3) is 0.333. The summed E-state index contributed by atoms with van der Waals surface area (Å²) in [5.41, 5.74) is 0.574. The maximum Gasteiger partial charge on any atom is 0.366 e. The van der Waals surface area contributed by atoms with Crippen LogP contribution in [0.1, 0.15) is 10.4 Å². The summed E-state index contributed by atoms with van der Waals surface area (Å²) in [6, 6.07) is 6.65. The molecule has 122 valence electrons. The SMILES string of the molecule is C=C(F)C(=O)OCCOCCOc1ccc(C=O)cc1.CO. The Morgan fingerprint density at radius 3 is 2.32 bits per heavy atom. The van der Waals surface area contributed by atoms with Gasteiger partial charge in [-0.3, -0.25) is 4.79 Å². The highest BCUT2D eigenvalue weighted by Crippen LogP contribution is 2.10. The van der Waals surface area contributed by atoms with Crippen LogP contribution in [0, 0.1) is 0 Å². The fourth-order valence-corrected chi connectivity index (χ4v) is 1.23. The summed E-state index contributed by atoms with van der Waals surface area (Å²) in [4.78, 5) is 21.1. The van der Waals surface area contributed by atoms with E-state index in [1.165, 1.54) is 0 Å². The van der Waals surface area contributed by atoms with Gasteiger partial charge in [-0.25, -0.2) is 4.79 Å². The molecule has 0 spiro atoms. The molecule has 0 unspecified atom stereocenters. The normalized spacial score (nSPS) is 9.23. The molecule has 0 aliphatic carbocycles. The number of carbonyl (C=O) groups is 2. The molecule has 0 saturated heterocycles. The van der Waals surface area contributed by atoms with E-state index in [0.717, 1.165) is 13.4 Å². The van der Waals surface area contributed by atoms with Gasteiger partial charge in [0.15, 0.2) is 0 Å². The van der Waals surface area contributed by atoms with E-state index in [2.05, 4.69) is 11.3 Å². The first-order valence-corrected chi connectivity index (χ1v) is 6.35. The number of benzene rings is 1. The lowest BCUT2D eigenvalue weighted by molar-refractivity contribution is -0.142. The van der Waals surface area contributed by atoms with Gasteiger partial charge >= 0.3 is 5.97 Å². The number of aliphatic hydroxyl groups excluding tert-OH is 1. The monoisotopic (exact) mass is 314 g/mol. The van der Waals surface area contributed by atoms with E-state index >= 15 is 0 Å². The van der Waals surface area contributed by atoms with E-state index in [-0.39, 0.29) is 13.2 Å². The number of ether oxygens (including phenoxy) is 3. The van der Waals surface area contributed by atoms with Gasteiger partial charge in [0.2, 0.25) is 5.83 Å². The lowest BCUT2D eigenvalue weighted by Crippen LogP contribution is -2.13. The van der Waals surface area contributed by atoms with Crippen molar-refractivity contribution in [3.8, 4) is 5.75 Å². The van der Waals surface area contributed by atoms with Gasteiger partial charge in [0.05, 0.1) is 13.2 Å². The summed E-state index contributed by atoms with van der Waals surface area (Å²) in [5.74, 6) is -1.59.